The Hall–Kier alpha value is -1.02. The molecule has 0 spiro atoms. The van der Waals surface area contributed by atoms with E-state index < -0.39 is 0 Å². The first-order valence-electron chi connectivity index (χ1n) is 5.78. The molecule has 1 N–H and O–H groups in total. The van der Waals surface area contributed by atoms with E-state index in [9.17, 15) is 0 Å². The molecule has 2 nitrogen and oxygen atoms in total. The number of rotatable bonds is 3. The van der Waals surface area contributed by atoms with Crippen LogP contribution in [0.5, 0.6) is 5.75 Å². The van der Waals surface area contributed by atoms with Crippen molar-refractivity contribution in [3.05, 3.63) is 29.3 Å². The van der Waals surface area contributed by atoms with Gasteiger partial charge in [-0.15, -0.1) is 0 Å². The molecule has 0 fully saturated rings. The van der Waals surface area contributed by atoms with Crippen LogP contribution in [0.4, 0.5) is 0 Å². The summed E-state index contributed by atoms with van der Waals surface area (Å²) in [5, 5.41) is 3.37. The summed E-state index contributed by atoms with van der Waals surface area (Å²) in [6.45, 7) is 2.77. The van der Waals surface area contributed by atoms with Crippen molar-refractivity contribution in [3.8, 4) is 5.75 Å². The van der Waals surface area contributed by atoms with Crippen LogP contribution in [0.1, 0.15) is 36.9 Å². The van der Waals surface area contributed by atoms with E-state index in [0.717, 1.165) is 12.4 Å². The molecule has 1 aliphatic rings. The number of hydrogen-bond acceptors (Lipinski definition) is 2. The Morgan fingerprint density at radius 1 is 1.47 bits per heavy atom. The molecule has 1 unspecified atom stereocenters. The highest BCUT2D eigenvalue weighted by molar-refractivity contribution is 5.39. The monoisotopic (exact) mass is 205 g/mol. The Balaban J connectivity index is 2.27. The third-order valence-electron chi connectivity index (χ3n) is 3.09. The summed E-state index contributed by atoms with van der Waals surface area (Å²) in [6, 6.07) is 7.02. The second kappa shape index (κ2) is 4.67. The van der Waals surface area contributed by atoms with Crippen LogP contribution in [0.15, 0.2) is 18.2 Å². The fraction of sp³-hybridized carbons (Fsp3) is 0.538. The van der Waals surface area contributed by atoms with Gasteiger partial charge in [0.15, 0.2) is 0 Å². The molecule has 0 radical (unpaired) electrons. The van der Waals surface area contributed by atoms with Gasteiger partial charge >= 0.3 is 0 Å². The van der Waals surface area contributed by atoms with Crippen LogP contribution in [0.2, 0.25) is 0 Å². The van der Waals surface area contributed by atoms with E-state index >= 15 is 0 Å². The third kappa shape index (κ3) is 2.15. The maximum absolute atomic E-state index is 5.52. The SMILES string of the molecule is CCOc1ccc2c(c1)CCCC2NC. The molecule has 1 aromatic rings. The summed E-state index contributed by atoms with van der Waals surface area (Å²) in [6.07, 6.45) is 3.71. The minimum Gasteiger partial charge on any atom is -0.494 e. The molecule has 1 aromatic carbocycles. The second-order valence-electron chi connectivity index (χ2n) is 4.03. The van der Waals surface area contributed by atoms with Gasteiger partial charge < -0.3 is 10.1 Å². The molecule has 0 saturated carbocycles. The highest BCUT2D eigenvalue weighted by atomic mass is 16.5. The largest absolute Gasteiger partial charge is 0.494 e. The van der Waals surface area contributed by atoms with E-state index in [4.69, 9.17) is 4.74 Å². The van der Waals surface area contributed by atoms with Crippen LogP contribution in [0.25, 0.3) is 0 Å². The summed E-state index contributed by atoms with van der Waals surface area (Å²) in [5.74, 6) is 1.01. The van der Waals surface area contributed by atoms with Gasteiger partial charge in [-0.2, -0.15) is 0 Å². The van der Waals surface area contributed by atoms with E-state index in [1.54, 1.807) is 0 Å². The lowest BCUT2D eigenvalue weighted by atomic mass is 9.87. The quantitative estimate of drug-likeness (QED) is 0.819. The van der Waals surface area contributed by atoms with Crippen LogP contribution >= 0.6 is 0 Å². The minimum absolute atomic E-state index is 0.532. The molecule has 1 aliphatic carbocycles. The number of nitrogens with one attached hydrogen (secondary N) is 1. The molecule has 0 saturated heterocycles. The summed E-state index contributed by atoms with van der Waals surface area (Å²) in [7, 11) is 2.04. The van der Waals surface area contributed by atoms with Crippen molar-refractivity contribution in [3.63, 3.8) is 0 Å². The first-order valence-corrected chi connectivity index (χ1v) is 5.78. The lowest BCUT2D eigenvalue weighted by Crippen LogP contribution is -2.21. The van der Waals surface area contributed by atoms with Crippen LogP contribution in [-0.2, 0) is 6.42 Å². The number of fused-ring (bicyclic) bond motifs is 1. The Kier molecular flexibility index (Phi) is 3.27. The maximum Gasteiger partial charge on any atom is 0.119 e. The van der Waals surface area contributed by atoms with Gasteiger partial charge in [-0.1, -0.05) is 6.07 Å². The van der Waals surface area contributed by atoms with Gasteiger partial charge in [0.05, 0.1) is 6.61 Å². The molecule has 0 amide bonds. The molecular formula is C13H19NO. The predicted molar refractivity (Wildman–Crippen MR) is 62.3 cm³/mol. The molecule has 0 bridgehead atoms. The molecule has 0 aromatic heterocycles. The topological polar surface area (TPSA) is 21.3 Å². The Morgan fingerprint density at radius 2 is 2.33 bits per heavy atom. The second-order valence-corrected chi connectivity index (χ2v) is 4.03. The average Bonchev–Trinajstić information content (AvgIpc) is 2.28. The summed E-state index contributed by atoms with van der Waals surface area (Å²) in [5.41, 5.74) is 2.90. The molecule has 0 aliphatic heterocycles. The molecule has 2 rings (SSSR count). The average molecular weight is 205 g/mol. The highest BCUT2D eigenvalue weighted by Gasteiger charge is 2.18. The summed E-state index contributed by atoms with van der Waals surface area (Å²) in [4.78, 5) is 0. The fourth-order valence-electron chi connectivity index (χ4n) is 2.35. The van der Waals surface area contributed by atoms with Gasteiger partial charge in [-0.3, -0.25) is 0 Å². The maximum atomic E-state index is 5.52. The van der Waals surface area contributed by atoms with Crippen molar-refractivity contribution in [2.45, 2.75) is 32.2 Å². The van der Waals surface area contributed by atoms with Crippen molar-refractivity contribution in [1.29, 1.82) is 0 Å². The van der Waals surface area contributed by atoms with E-state index in [2.05, 4.69) is 23.5 Å². The molecule has 15 heavy (non-hydrogen) atoms. The van der Waals surface area contributed by atoms with Crippen molar-refractivity contribution < 1.29 is 4.74 Å². The van der Waals surface area contributed by atoms with Crippen LogP contribution < -0.4 is 10.1 Å². The number of ether oxygens (including phenoxy) is 1. The minimum atomic E-state index is 0.532. The first-order chi connectivity index (χ1) is 7.35. The molecular weight excluding hydrogens is 186 g/mol. The Bertz CT molecular complexity index is 335. The Labute approximate surface area is 91.6 Å². The summed E-state index contributed by atoms with van der Waals surface area (Å²) >= 11 is 0. The Morgan fingerprint density at radius 3 is 3.07 bits per heavy atom. The molecule has 2 heteroatoms. The molecule has 82 valence electrons. The summed E-state index contributed by atoms with van der Waals surface area (Å²) < 4.78 is 5.52. The van der Waals surface area contributed by atoms with Gasteiger partial charge in [-0.05, 0) is 56.5 Å². The standard InChI is InChI=1S/C13H19NO/c1-3-15-11-7-8-12-10(9-11)5-4-6-13(12)14-2/h7-9,13-14H,3-6H2,1-2H3. The van der Waals surface area contributed by atoms with Gasteiger partial charge in [0.1, 0.15) is 5.75 Å². The zero-order valence-corrected chi connectivity index (χ0v) is 9.55. The predicted octanol–water partition coefficient (Wildman–Crippen LogP) is 2.68. The zero-order chi connectivity index (χ0) is 10.7. The van der Waals surface area contributed by atoms with Crippen molar-refractivity contribution in [2.75, 3.05) is 13.7 Å². The lowest BCUT2D eigenvalue weighted by Gasteiger charge is -2.25. The van der Waals surface area contributed by atoms with E-state index in [0.29, 0.717) is 6.04 Å². The van der Waals surface area contributed by atoms with E-state index in [1.165, 1.54) is 30.4 Å². The molecule has 0 heterocycles. The van der Waals surface area contributed by atoms with Crippen molar-refractivity contribution >= 4 is 0 Å². The van der Waals surface area contributed by atoms with Gasteiger partial charge in [-0.25, -0.2) is 0 Å². The van der Waals surface area contributed by atoms with E-state index in [1.807, 2.05) is 14.0 Å². The number of aryl methyl sites for hydroxylation is 1. The smallest absolute Gasteiger partial charge is 0.119 e. The van der Waals surface area contributed by atoms with Crippen molar-refractivity contribution in [2.24, 2.45) is 0 Å². The van der Waals surface area contributed by atoms with Gasteiger partial charge in [0.25, 0.3) is 0 Å². The fourth-order valence-corrected chi connectivity index (χ4v) is 2.35. The zero-order valence-electron chi connectivity index (χ0n) is 9.55. The first kappa shape index (κ1) is 10.5. The van der Waals surface area contributed by atoms with Gasteiger partial charge in [0, 0.05) is 6.04 Å². The number of hydrogen-bond donors (Lipinski definition) is 1. The van der Waals surface area contributed by atoms with Crippen LogP contribution in [0, 0.1) is 0 Å². The van der Waals surface area contributed by atoms with E-state index in [-0.39, 0.29) is 0 Å². The normalized spacial score (nSPS) is 19.7. The van der Waals surface area contributed by atoms with Crippen LogP contribution in [-0.4, -0.2) is 13.7 Å². The third-order valence-corrected chi connectivity index (χ3v) is 3.09. The van der Waals surface area contributed by atoms with Gasteiger partial charge in [0.2, 0.25) is 0 Å². The molecule has 1 atom stereocenters. The van der Waals surface area contributed by atoms with Crippen LogP contribution in [0.3, 0.4) is 0 Å². The van der Waals surface area contributed by atoms with Crippen molar-refractivity contribution in [1.82, 2.24) is 5.32 Å². The number of benzene rings is 1. The highest BCUT2D eigenvalue weighted by Crippen LogP contribution is 2.31. The lowest BCUT2D eigenvalue weighted by molar-refractivity contribution is 0.339.